The van der Waals surface area contributed by atoms with E-state index < -0.39 is 0 Å². The Balaban J connectivity index is 0. The minimum Gasteiger partial charge on any atom is -2.00 e. The molecule has 3 nitrogen and oxygen atoms in total. The van der Waals surface area contributed by atoms with Gasteiger partial charge >= 0.3 is 117 Å². The summed E-state index contributed by atoms with van der Waals surface area (Å²) < 4.78 is 0. The van der Waals surface area contributed by atoms with Gasteiger partial charge in [-0.15, -0.1) is 0 Å². The maximum absolute atomic E-state index is 0. The molecule has 0 fully saturated rings. The average molecular weight is 735 g/mol. The Morgan fingerprint density at radius 1 is 0.444 bits per heavy atom. The maximum Gasteiger partial charge on any atom is 3.00 e. The van der Waals surface area contributed by atoms with Gasteiger partial charge in [-0.3, -0.25) is 0 Å². The number of hydrogen-bond donors (Lipinski definition) is 0. The molecule has 0 aromatic rings. The van der Waals surface area contributed by atoms with Crippen molar-refractivity contribution in [1.29, 1.82) is 0 Å². The molecule has 0 saturated heterocycles. The van der Waals surface area contributed by atoms with Crippen LogP contribution in [0.25, 0.3) is 0 Å². The molecular formula is H4Hf2La2Mg2O3. The summed E-state index contributed by atoms with van der Waals surface area (Å²) in [5.41, 5.74) is 0. The minimum absolute atomic E-state index is 0. The van der Waals surface area contributed by atoms with Crippen molar-refractivity contribution < 1.29 is 139 Å². The van der Waals surface area contributed by atoms with Crippen molar-refractivity contribution in [2.75, 3.05) is 0 Å². The van der Waals surface area contributed by atoms with Crippen molar-refractivity contribution in [2.24, 2.45) is 0 Å². The Labute approximate surface area is 180 Å². The molecule has 40 valence electrons. The summed E-state index contributed by atoms with van der Waals surface area (Å²) in [4.78, 5) is 0. The van der Waals surface area contributed by atoms with E-state index in [-0.39, 0.29) is 185 Å². The van der Waals surface area contributed by atoms with Crippen LogP contribution < -0.4 is 0 Å². The molecule has 9 heavy (non-hydrogen) atoms. The normalized spacial score (nSPS) is 0. The first kappa shape index (κ1) is 86.8. The van der Waals surface area contributed by atoms with Crippen LogP contribution in [0.1, 0.15) is 0 Å². The van der Waals surface area contributed by atoms with Crippen molar-refractivity contribution in [3.05, 3.63) is 0 Å². The number of hydrogen-bond acceptors (Lipinski definition) is 0. The van der Waals surface area contributed by atoms with E-state index >= 15 is 0 Å². The topological polar surface area (TPSA) is 85.5 Å². The van der Waals surface area contributed by atoms with Gasteiger partial charge in [0.25, 0.3) is 0 Å². The van der Waals surface area contributed by atoms with Gasteiger partial charge in [0.2, 0.25) is 0 Å². The van der Waals surface area contributed by atoms with Crippen LogP contribution >= 0.6 is 0 Å². The Morgan fingerprint density at radius 3 is 0.444 bits per heavy atom. The zero-order valence-corrected chi connectivity index (χ0v) is 17.8. The predicted octanol–water partition coefficient (Wildman–Crippen LogP) is -2.19. The quantitative estimate of drug-likeness (QED) is 0.254. The summed E-state index contributed by atoms with van der Waals surface area (Å²) in [7, 11) is 0. The molecule has 0 aliphatic rings. The maximum atomic E-state index is 0. The number of rotatable bonds is 0. The van der Waals surface area contributed by atoms with E-state index in [4.69, 9.17) is 0 Å². The van der Waals surface area contributed by atoms with Crippen molar-refractivity contribution in [3.63, 3.8) is 0 Å². The summed E-state index contributed by atoms with van der Waals surface area (Å²) in [5, 5.41) is 0. The van der Waals surface area contributed by atoms with E-state index in [1.165, 1.54) is 0 Å². The Bertz CT molecular complexity index is 17.8. The fourth-order valence-corrected chi connectivity index (χ4v) is 0. The molecule has 0 heterocycles. The zero-order valence-electron chi connectivity index (χ0n) is 3.38. The van der Waals surface area contributed by atoms with E-state index in [1.807, 2.05) is 0 Å². The Kier molecular flexibility index (Phi) is 669. The van der Waals surface area contributed by atoms with Crippen molar-refractivity contribution >= 4 is 46.1 Å². The third-order valence-electron chi connectivity index (χ3n) is 0. The second kappa shape index (κ2) is 69.4. The van der Waals surface area contributed by atoms with Gasteiger partial charge < -0.3 is 16.4 Å². The molecule has 0 rings (SSSR count). The first-order valence-corrected chi connectivity index (χ1v) is 0. The second-order valence-corrected chi connectivity index (χ2v) is 0. The standard InChI is InChI=1S/2Hf.2La.2Mg.3O.4H/q;;2*+3;;;3*-2;;;;. The van der Waals surface area contributed by atoms with Crippen LogP contribution in [0, 0.1) is 71.2 Å². The van der Waals surface area contributed by atoms with Gasteiger partial charge in [-0.1, -0.05) is 0 Å². The van der Waals surface area contributed by atoms with Crippen LogP contribution in [-0.4, -0.2) is 46.1 Å². The molecule has 0 amide bonds. The van der Waals surface area contributed by atoms with E-state index in [9.17, 15) is 0 Å². The average Bonchev–Trinajstić information content (AvgIpc) is 0. The minimum atomic E-state index is 0. The molecule has 0 aromatic carbocycles. The van der Waals surface area contributed by atoms with Gasteiger partial charge in [0.05, 0.1) is 0 Å². The van der Waals surface area contributed by atoms with Crippen LogP contribution in [0.15, 0.2) is 0 Å². The molecule has 0 unspecified atom stereocenters. The van der Waals surface area contributed by atoms with Gasteiger partial charge in [-0.2, -0.15) is 0 Å². The van der Waals surface area contributed by atoms with E-state index in [2.05, 4.69) is 0 Å². The van der Waals surface area contributed by atoms with Crippen LogP contribution in [0.2, 0.25) is 0 Å². The van der Waals surface area contributed by atoms with Gasteiger partial charge in [0.15, 0.2) is 0 Å². The summed E-state index contributed by atoms with van der Waals surface area (Å²) in [6.07, 6.45) is 0. The molecular weight excluding hydrogens is 731 g/mol. The van der Waals surface area contributed by atoms with Gasteiger partial charge in [-0.05, 0) is 0 Å². The predicted molar refractivity (Wildman–Crippen MR) is 19.1 cm³/mol. The van der Waals surface area contributed by atoms with Crippen LogP contribution in [0.5, 0.6) is 0 Å². The smallest absolute Gasteiger partial charge is 2.00 e. The first-order chi connectivity index (χ1) is 0. The molecule has 0 saturated carbocycles. The first-order valence-electron chi connectivity index (χ1n) is 0. The van der Waals surface area contributed by atoms with Crippen LogP contribution in [0.4, 0.5) is 0 Å². The third kappa shape index (κ3) is 58.7. The summed E-state index contributed by atoms with van der Waals surface area (Å²) in [6.45, 7) is 0. The Morgan fingerprint density at radius 2 is 0.444 bits per heavy atom. The summed E-state index contributed by atoms with van der Waals surface area (Å²) >= 11 is 0. The fourth-order valence-electron chi connectivity index (χ4n) is 0. The van der Waals surface area contributed by atoms with E-state index in [1.54, 1.807) is 0 Å². The third-order valence-corrected chi connectivity index (χ3v) is 0. The molecule has 0 bridgehead atoms. The van der Waals surface area contributed by atoms with Crippen molar-refractivity contribution in [1.82, 2.24) is 0 Å². The summed E-state index contributed by atoms with van der Waals surface area (Å²) in [6, 6.07) is 0. The molecule has 0 aliphatic heterocycles. The monoisotopic (exact) mass is 738 g/mol. The van der Waals surface area contributed by atoms with Crippen molar-refractivity contribution in [2.45, 2.75) is 0 Å². The van der Waals surface area contributed by atoms with Gasteiger partial charge in [-0.25, -0.2) is 0 Å². The molecule has 0 spiro atoms. The van der Waals surface area contributed by atoms with Crippen LogP contribution in [-0.2, 0) is 68.1 Å². The SMILES string of the molecule is [Hf].[Hf].[La+3].[La+3].[MgH2].[MgH2].[O-2].[O-2].[O-2]. The van der Waals surface area contributed by atoms with Crippen molar-refractivity contribution in [3.8, 4) is 0 Å². The second-order valence-electron chi connectivity index (χ2n) is 0. The zero-order chi connectivity index (χ0) is 0. The van der Waals surface area contributed by atoms with Gasteiger partial charge in [0, 0.05) is 51.7 Å². The molecule has 0 atom stereocenters. The largest absolute Gasteiger partial charge is 3.00 e. The molecule has 0 N–H and O–H groups in total. The van der Waals surface area contributed by atoms with Crippen LogP contribution in [0.3, 0.4) is 0 Å². The van der Waals surface area contributed by atoms with E-state index in [0.29, 0.717) is 0 Å². The van der Waals surface area contributed by atoms with Gasteiger partial charge in [0.1, 0.15) is 0 Å². The van der Waals surface area contributed by atoms with E-state index in [0.717, 1.165) is 0 Å². The summed E-state index contributed by atoms with van der Waals surface area (Å²) in [5.74, 6) is 0. The molecule has 0 radical (unpaired) electrons. The molecule has 0 aromatic heterocycles. The fraction of sp³-hybridized carbons (Fsp3) is 0. The molecule has 0 aliphatic carbocycles. The molecule has 9 heteroatoms. The Hall–Kier alpha value is 5.54.